The highest BCUT2D eigenvalue weighted by atomic mass is 19.1. The molecule has 0 aliphatic heterocycles. The van der Waals surface area contributed by atoms with Crippen molar-refractivity contribution < 1.29 is 9.50 Å². The summed E-state index contributed by atoms with van der Waals surface area (Å²) >= 11 is 0. The van der Waals surface area contributed by atoms with E-state index in [1.807, 2.05) is 0 Å². The van der Waals surface area contributed by atoms with Gasteiger partial charge in [-0.2, -0.15) is 0 Å². The molecule has 1 atom stereocenters. The van der Waals surface area contributed by atoms with Crippen molar-refractivity contribution in [3.63, 3.8) is 0 Å². The first kappa shape index (κ1) is 9.86. The van der Waals surface area contributed by atoms with Gasteiger partial charge in [-0.15, -0.1) is 0 Å². The lowest BCUT2D eigenvalue weighted by Gasteiger charge is -2.12. The molecule has 2 N–H and O–H groups in total. The lowest BCUT2D eigenvalue weighted by atomic mass is 10.0. The molecule has 2 aromatic rings. The molecule has 0 aliphatic carbocycles. The zero-order valence-corrected chi connectivity index (χ0v) is 8.24. The summed E-state index contributed by atoms with van der Waals surface area (Å²) in [4.78, 5) is 6.61. The molecule has 2 rings (SSSR count). The molecule has 0 saturated heterocycles. The molecule has 4 heteroatoms. The summed E-state index contributed by atoms with van der Waals surface area (Å²) < 4.78 is 13.2. The van der Waals surface area contributed by atoms with E-state index in [0.29, 0.717) is 16.8 Å². The van der Waals surface area contributed by atoms with E-state index in [2.05, 4.69) is 9.97 Å². The predicted molar refractivity (Wildman–Crippen MR) is 53.8 cm³/mol. The Morgan fingerprint density at radius 3 is 2.93 bits per heavy atom. The monoisotopic (exact) mass is 206 g/mol. The van der Waals surface area contributed by atoms with Crippen LogP contribution in [0.25, 0.3) is 0 Å². The van der Waals surface area contributed by atoms with Crippen molar-refractivity contribution in [3.05, 3.63) is 53.4 Å². The number of nitrogens with zero attached hydrogens (tertiary/aromatic N) is 1. The Morgan fingerprint density at radius 1 is 1.47 bits per heavy atom. The zero-order valence-electron chi connectivity index (χ0n) is 8.24. The highest BCUT2D eigenvalue weighted by molar-refractivity contribution is 5.33. The van der Waals surface area contributed by atoms with Crippen molar-refractivity contribution in [2.24, 2.45) is 0 Å². The second kappa shape index (κ2) is 3.82. The van der Waals surface area contributed by atoms with Gasteiger partial charge in [0.15, 0.2) is 0 Å². The molecular formula is C11H11FN2O. The topological polar surface area (TPSA) is 48.9 Å². The summed E-state index contributed by atoms with van der Waals surface area (Å²) in [7, 11) is 0. The molecule has 1 heterocycles. The van der Waals surface area contributed by atoms with Crippen LogP contribution in [0.15, 0.2) is 30.7 Å². The van der Waals surface area contributed by atoms with E-state index in [4.69, 9.17) is 0 Å². The summed E-state index contributed by atoms with van der Waals surface area (Å²) in [5, 5.41) is 9.95. The average molecular weight is 206 g/mol. The number of benzene rings is 1. The van der Waals surface area contributed by atoms with Crippen LogP contribution in [0.5, 0.6) is 0 Å². The van der Waals surface area contributed by atoms with E-state index in [-0.39, 0.29) is 5.82 Å². The van der Waals surface area contributed by atoms with Gasteiger partial charge in [-0.05, 0) is 24.1 Å². The van der Waals surface area contributed by atoms with E-state index >= 15 is 0 Å². The molecule has 0 fully saturated rings. The van der Waals surface area contributed by atoms with E-state index in [1.165, 1.54) is 18.6 Å². The Morgan fingerprint density at radius 2 is 2.27 bits per heavy atom. The number of rotatable bonds is 2. The maximum absolute atomic E-state index is 13.2. The standard InChI is InChI=1S/C11H11FN2O/c1-7-8(3-2-4-9(7)12)11(15)10-5-13-6-14-10/h2-6,11,15H,1H3,(H,13,14). The molecule has 0 radical (unpaired) electrons. The van der Waals surface area contributed by atoms with Crippen LogP contribution < -0.4 is 0 Å². The van der Waals surface area contributed by atoms with Crippen molar-refractivity contribution in [3.8, 4) is 0 Å². The fraction of sp³-hybridized carbons (Fsp3) is 0.182. The van der Waals surface area contributed by atoms with Crippen LogP contribution in [0, 0.1) is 12.7 Å². The smallest absolute Gasteiger partial charge is 0.126 e. The van der Waals surface area contributed by atoms with Crippen LogP contribution >= 0.6 is 0 Å². The minimum Gasteiger partial charge on any atom is -0.382 e. The molecule has 0 spiro atoms. The molecular weight excluding hydrogens is 195 g/mol. The Balaban J connectivity index is 2.42. The SMILES string of the molecule is Cc1c(F)cccc1C(O)c1cnc[nH]1. The van der Waals surface area contributed by atoms with E-state index in [1.54, 1.807) is 19.1 Å². The largest absolute Gasteiger partial charge is 0.382 e. The first-order valence-electron chi connectivity index (χ1n) is 4.61. The minimum atomic E-state index is -0.858. The number of aromatic amines is 1. The number of imidazole rings is 1. The number of aromatic nitrogens is 2. The summed E-state index contributed by atoms with van der Waals surface area (Å²) in [6.45, 7) is 1.64. The van der Waals surface area contributed by atoms with Crippen molar-refractivity contribution in [1.82, 2.24) is 9.97 Å². The van der Waals surface area contributed by atoms with Crippen LogP contribution in [0.2, 0.25) is 0 Å². The molecule has 78 valence electrons. The number of hydrogen-bond acceptors (Lipinski definition) is 2. The Labute approximate surface area is 86.6 Å². The van der Waals surface area contributed by atoms with Gasteiger partial charge in [-0.25, -0.2) is 9.37 Å². The third-order valence-corrected chi connectivity index (χ3v) is 2.42. The molecule has 0 saturated carbocycles. The number of aliphatic hydroxyl groups excluding tert-OH is 1. The fourth-order valence-electron chi connectivity index (χ4n) is 1.50. The number of halogens is 1. The highest BCUT2D eigenvalue weighted by Crippen LogP contribution is 2.24. The third kappa shape index (κ3) is 1.76. The maximum atomic E-state index is 13.2. The second-order valence-electron chi connectivity index (χ2n) is 3.36. The Bertz CT molecular complexity index is 454. The van der Waals surface area contributed by atoms with Gasteiger partial charge in [0, 0.05) is 0 Å². The highest BCUT2D eigenvalue weighted by Gasteiger charge is 2.15. The average Bonchev–Trinajstić information content (AvgIpc) is 2.74. The fourth-order valence-corrected chi connectivity index (χ4v) is 1.50. The van der Waals surface area contributed by atoms with Gasteiger partial charge in [0.05, 0.1) is 18.2 Å². The summed E-state index contributed by atoms with van der Waals surface area (Å²) in [5.41, 5.74) is 1.57. The molecule has 1 aromatic carbocycles. The maximum Gasteiger partial charge on any atom is 0.126 e. The number of H-pyrrole nitrogens is 1. The van der Waals surface area contributed by atoms with Crippen LogP contribution in [0.1, 0.15) is 22.9 Å². The molecule has 0 bridgehead atoms. The molecule has 0 amide bonds. The number of nitrogens with one attached hydrogen (secondary N) is 1. The van der Waals surface area contributed by atoms with Crippen LogP contribution in [0.3, 0.4) is 0 Å². The molecule has 0 aliphatic rings. The van der Waals surface area contributed by atoms with Crippen molar-refractivity contribution in [1.29, 1.82) is 0 Å². The van der Waals surface area contributed by atoms with Crippen molar-refractivity contribution in [2.75, 3.05) is 0 Å². The van der Waals surface area contributed by atoms with Crippen LogP contribution in [0.4, 0.5) is 4.39 Å². The van der Waals surface area contributed by atoms with Crippen LogP contribution in [-0.2, 0) is 0 Å². The van der Waals surface area contributed by atoms with E-state index in [0.717, 1.165) is 0 Å². The first-order valence-corrected chi connectivity index (χ1v) is 4.61. The summed E-state index contributed by atoms with van der Waals surface area (Å²) in [6, 6.07) is 4.65. The van der Waals surface area contributed by atoms with E-state index < -0.39 is 6.10 Å². The van der Waals surface area contributed by atoms with Gasteiger partial charge < -0.3 is 10.1 Å². The van der Waals surface area contributed by atoms with E-state index in [9.17, 15) is 9.50 Å². The number of hydrogen-bond donors (Lipinski definition) is 2. The molecule has 15 heavy (non-hydrogen) atoms. The lowest BCUT2D eigenvalue weighted by molar-refractivity contribution is 0.214. The zero-order chi connectivity index (χ0) is 10.8. The van der Waals surface area contributed by atoms with Gasteiger partial charge in [0.25, 0.3) is 0 Å². The van der Waals surface area contributed by atoms with Gasteiger partial charge >= 0.3 is 0 Å². The lowest BCUT2D eigenvalue weighted by Crippen LogP contribution is -2.03. The first-order chi connectivity index (χ1) is 7.20. The number of aliphatic hydroxyl groups is 1. The van der Waals surface area contributed by atoms with Gasteiger partial charge in [-0.1, -0.05) is 12.1 Å². The van der Waals surface area contributed by atoms with Crippen molar-refractivity contribution >= 4 is 0 Å². The van der Waals surface area contributed by atoms with Crippen LogP contribution in [-0.4, -0.2) is 15.1 Å². The Kier molecular flexibility index (Phi) is 2.51. The second-order valence-corrected chi connectivity index (χ2v) is 3.36. The Hall–Kier alpha value is -1.68. The van der Waals surface area contributed by atoms with Gasteiger partial charge in [0.1, 0.15) is 11.9 Å². The third-order valence-electron chi connectivity index (χ3n) is 2.42. The molecule has 1 unspecified atom stereocenters. The van der Waals surface area contributed by atoms with Crippen molar-refractivity contribution in [2.45, 2.75) is 13.0 Å². The van der Waals surface area contributed by atoms with Gasteiger partial charge in [-0.3, -0.25) is 0 Å². The molecule has 3 nitrogen and oxygen atoms in total. The summed E-state index contributed by atoms with van der Waals surface area (Å²) in [6.07, 6.45) is 2.14. The van der Waals surface area contributed by atoms with Gasteiger partial charge in [0.2, 0.25) is 0 Å². The minimum absolute atomic E-state index is 0.314. The predicted octanol–water partition coefficient (Wildman–Crippen LogP) is 1.94. The molecule has 1 aromatic heterocycles. The normalized spacial score (nSPS) is 12.7. The summed E-state index contributed by atoms with van der Waals surface area (Å²) in [5.74, 6) is -0.314. The quantitative estimate of drug-likeness (QED) is 0.788.